The molecule has 0 saturated carbocycles. The van der Waals surface area contributed by atoms with Crippen molar-refractivity contribution in [2.24, 2.45) is 0 Å². The van der Waals surface area contributed by atoms with E-state index in [-0.39, 0.29) is 30.8 Å². The Kier molecular flexibility index (Phi) is 8.12. The van der Waals surface area contributed by atoms with Crippen molar-refractivity contribution >= 4 is 34.8 Å². The summed E-state index contributed by atoms with van der Waals surface area (Å²) in [5, 5.41) is 8.45. The van der Waals surface area contributed by atoms with Gasteiger partial charge in [0.05, 0.1) is 13.1 Å². The summed E-state index contributed by atoms with van der Waals surface area (Å²) < 4.78 is 0. The van der Waals surface area contributed by atoms with Gasteiger partial charge in [-0.15, -0.1) is 0 Å². The number of nitrogens with zero attached hydrogens (tertiary/aromatic N) is 1. The Balaban J connectivity index is 1.91. The summed E-state index contributed by atoms with van der Waals surface area (Å²) in [5.41, 5.74) is 5.30. The molecular weight excluding hydrogens is 380 g/mol. The third-order valence-electron chi connectivity index (χ3n) is 4.61. The fourth-order valence-electron chi connectivity index (χ4n) is 3.28. The van der Waals surface area contributed by atoms with Gasteiger partial charge in [0.1, 0.15) is 0 Å². The molecule has 0 heterocycles. The van der Waals surface area contributed by atoms with Gasteiger partial charge in [-0.25, -0.2) is 0 Å². The average molecular weight is 411 g/mol. The van der Waals surface area contributed by atoms with Crippen molar-refractivity contribution in [3.8, 4) is 0 Å². The van der Waals surface area contributed by atoms with E-state index in [9.17, 15) is 14.4 Å². The summed E-state index contributed by atoms with van der Waals surface area (Å²) in [7, 11) is 0. The number of carbonyl (C=O) groups is 3. The molecule has 7 heteroatoms. The van der Waals surface area contributed by atoms with E-state index in [0.29, 0.717) is 17.9 Å². The fraction of sp³-hybridized carbons (Fsp3) is 0.348. The van der Waals surface area contributed by atoms with Crippen molar-refractivity contribution in [2.75, 3.05) is 35.6 Å². The highest BCUT2D eigenvalue weighted by Gasteiger charge is 2.15. The van der Waals surface area contributed by atoms with Gasteiger partial charge in [0, 0.05) is 24.0 Å². The van der Waals surface area contributed by atoms with Crippen molar-refractivity contribution in [1.29, 1.82) is 0 Å². The van der Waals surface area contributed by atoms with Crippen molar-refractivity contribution in [2.45, 2.75) is 34.6 Å². The maximum absolute atomic E-state index is 12.5. The van der Waals surface area contributed by atoms with E-state index in [1.807, 2.05) is 39.8 Å². The van der Waals surface area contributed by atoms with Gasteiger partial charge < -0.3 is 16.0 Å². The molecule has 0 saturated heterocycles. The molecule has 3 amide bonds. The lowest BCUT2D eigenvalue weighted by Gasteiger charge is -2.20. The van der Waals surface area contributed by atoms with Crippen LogP contribution in [-0.2, 0) is 14.4 Å². The van der Waals surface area contributed by atoms with Gasteiger partial charge in [-0.2, -0.15) is 0 Å². The summed E-state index contributed by atoms with van der Waals surface area (Å²) in [6.45, 7) is 10.1. The van der Waals surface area contributed by atoms with Gasteiger partial charge in [-0.1, -0.05) is 24.6 Å². The topological polar surface area (TPSA) is 90.5 Å². The number of hydrogen-bond donors (Lipinski definition) is 3. The normalized spacial score (nSPS) is 10.6. The second-order valence-corrected chi connectivity index (χ2v) is 7.43. The Morgan fingerprint density at radius 3 is 1.73 bits per heavy atom. The van der Waals surface area contributed by atoms with Crippen LogP contribution in [-0.4, -0.2) is 42.3 Å². The number of benzene rings is 2. The molecule has 160 valence electrons. The first-order valence-corrected chi connectivity index (χ1v) is 9.95. The smallest absolute Gasteiger partial charge is 0.238 e. The summed E-state index contributed by atoms with van der Waals surface area (Å²) in [5.74, 6) is -0.515. The molecule has 0 aliphatic rings. The van der Waals surface area contributed by atoms with Crippen LogP contribution in [0.15, 0.2) is 36.4 Å². The van der Waals surface area contributed by atoms with Crippen LogP contribution >= 0.6 is 0 Å². The van der Waals surface area contributed by atoms with Crippen LogP contribution in [0.2, 0.25) is 0 Å². The fourth-order valence-corrected chi connectivity index (χ4v) is 3.28. The quantitative estimate of drug-likeness (QED) is 0.622. The lowest BCUT2D eigenvalue weighted by molar-refractivity contribution is -0.120. The second-order valence-electron chi connectivity index (χ2n) is 7.43. The highest BCUT2D eigenvalue weighted by Crippen LogP contribution is 2.21. The van der Waals surface area contributed by atoms with Crippen LogP contribution < -0.4 is 16.0 Å². The van der Waals surface area contributed by atoms with Crippen molar-refractivity contribution < 1.29 is 14.4 Å². The molecule has 3 N–H and O–H groups in total. The number of aryl methyl sites for hydroxylation is 3. The van der Waals surface area contributed by atoms with Crippen LogP contribution in [0, 0.1) is 20.8 Å². The summed E-state index contributed by atoms with van der Waals surface area (Å²) in [4.78, 5) is 37.7. The van der Waals surface area contributed by atoms with E-state index in [1.54, 1.807) is 29.2 Å². The van der Waals surface area contributed by atoms with E-state index >= 15 is 0 Å². The third-order valence-corrected chi connectivity index (χ3v) is 4.61. The zero-order valence-corrected chi connectivity index (χ0v) is 18.3. The highest BCUT2D eigenvalue weighted by atomic mass is 16.2. The highest BCUT2D eigenvalue weighted by molar-refractivity contribution is 5.96. The number of hydrogen-bond acceptors (Lipinski definition) is 4. The number of nitrogens with one attached hydrogen (secondary N) is 3. The molecule has 0 aliphatic carbocycles. The SMILES string of the molecule is CCN(CC(=O)Nc1ccc(NC(C)=O)cc1)CC(=O)Nc1c(C)cc(C)cc1C. The molecule has 2 aromatic carbocycles. The monoisotopic (exact) mass is 410 g/mol. The predicted molar refractivity (Wildman–Crippen MR) is 121 cm³/mol. The van der Waals surface area contributed by atoms with Gasteiger partial charge in [-0.3, -0.25) is 19.3 Å². The molecule has 0 fully saturated rings. The van der Waals surface area contributed by atoms with Crippen LogP contribution in [0.5, 0.6) is 0 Å². The Labute approximate surface area is 177 Å². The van der Waals surface area contributed by atoms with E-state index < -0.39 is 0 Å². The summed E-state index contributed by atoms with van der Waals surface area (Å²) in [6.07, 6.45) is 0. The van der Waals surface area contributed by atoms with E-state index in [1.165, 1.54) is 6.92 Å². The number of anilines is 3. The predicted octanol–water partition coefficient (Wildman–Crippen LogP) is 3.47. The number of carbonyl (C=O) groups excluding carboxylic acids is 3. The van der Waals surface area contributed by atoms with Gasteiger partial charge in [0.25, 0.3) is 0 Å². The minimum atomic E-state index is -0.209. The van der Waals surface area contributed by atoms with Gasteiger partial charge in [0.15, 0.2) is 0 Å². The molecule has 0 spiro atoms. The minimum Gasteiger partial charge on any atom is -0.326 e. The number of rotatable bonds is 8. The zero-order valence-electron chi connectivity index (χ0n) is 18.3. The van der Waals surface area contributed by atoms with E-state index in [0.717, 1.165) is 22.4 Å². The Morgan fingerprint density at radius 1 is 0.800 bits per heavy atom. The molecule has 0 radical (unpaired) electrons. The Hall–Kier alpha value is -3.19. The van der Waals surface area contributed by atoms with Crippen LogP contribution in [0.4, 0.5) is 17.1 Å². The maximum atomic E-state index is 12.5. The third kappa shape index (κ3) is 7.00. The largest absolute Gasteiger partial charge is 0.326 e. The molecule has 2 rings (SSSR count). The minimum absolute atomic E-state index is 0.100. The second kappa shape index (κ2) is 10.5. The molecular formula is C23H30N4O3. The first-order valence-electron chi connectivity index (χ1n) is 9.95. The zero-order chi connectivity index (χ0) is 22.3. The molecule has 2 aromatic rings. The lowest BCUT2D eigenvalue weighted by atomic mass is 10.1. The first-order chi connectivity index (χ1) is 14.2. The molecule has 0 aromatic heterocycles. The molecule has 0 atom stereocenters. The van der Waals surface area contributed by atoms with Crippen LogP contribution in [0.3, 0.4) is 0 Å². The standard InChI is InChI=1S/C23H30N4O3/c1-6-27(14-22(30)26-23-16(3)11-15(2)12-17(23)4)13-21(29)25-20-9-7-19(8-10-20)24-18(5)28/h7-12H,6,13-14H2,1-5H3,(H,24,28)(H,25,29)(H,26,30). The van der Waals surface area contributed by atoms with Crippen molar-refractivity contribution in [1.82, 2.24) is 4.90 Å². The Morgan fingerprint density at radius 2 is 1.27 bits per heavy atom. The van der Waals surface area contributed by atoms with Crippen molar-refractivity contribution in [3.63, 3.8) is 0 Å². The summed E-state index contributed by atoms with van der Waals surface area (Å²) >= 11 is 0. The van der Waals surface area contributed by atoms with Gasteiger partial charge in [-0.05, 0) is 62.7 Å². The molecule has 30 heavy (non-hydrogen) atoms. The lowest BCUT2D eigenvalue weighted by Crippen LogP contribution is -2.38. The maximum Gasteiger partial charge on any atom is 0.238 e. The molecule has 7 nitrogen and oxygen atoms in total. The first kappa shape index (κ1) is 23.1. The van der Waals surface area contributed by atoms with E-state index in [2.05, 4.69) is 16.0 Å². The number of amides is 3. The van der Waals surface area contributed by atoms with Crippen molar-refractivity contribution in [3.05, 3.63) is 53.1 Å². The molecule has 0 aliphatic heterocycles. The van der Waals surface area contributed by atoms with Crippen LogP contribution in [0.25, 0.3) is 0 Å². The molecule has 0 bridgehead atoms. The summed E-state index contributed by atoms with van der Waals surface area (Å²) in [6, 6.07) is 10.9. The van der Waals surface area contributed by atoms with E-state index in [4.69, 9.17) is 0 Å². The average Bonchev–Trinajstić information content (AvgIpc) is 2.65. The van der Waals surface area contributed by atoms with Crippen LogP contribution in [0.1, 0.15) is 30.5 Å². The number of likely N-dealkylation sites (N-methyl/N-ethyl adjacent to an activating group) is 1. The molecule has 0 unspecified atom stereocenters. The van der Waals surface area contributed by atoms with Gasteiger partial charge in [0.2, 0.25) is 17.7 Å². The van der Waals surface area contributed by atoms with Gasteiger partial charge >= 0.3 is 0 Å². The Bertz CT molecular complexity index is 900.